The van der Waals surface area contributed by atoms with Crippen LogP contribution in [-0.4, -0.2) is 59.0 Å². The fourth-order valence-electron chi connectivity index (χ4n) is 3.09. The second-order valence-electron chi connectivity index (χ2n) is 7.27. The summed E-state index contributed by atoms with van der Waals surface area (Å²) in [5.41, 5.74) is 1.37. The summed E-state index contributed by atoms with van der Waals surface area (Å²) in [5.74, 6) is -0.414. The van der Waals surface area contributed by atoms with Gasteiger partial charge in [0.05, 0.1) is 13.2 Å². The summed E-state index contributed by atoms with van der Waals surface area (Å²) in [5, 5.41) is 0.762. The monoisotopic (exact) mass is 453 g/mol. The minimum atomic E-state index is -0.271. The van der Waals surface area contributed by atoms with E-state index in [1.807, 2.05) is 43.8 Å². The molecule has 0 bridgehead atoms. The molecule has 1 atom stereocenters. The molecule has 0 aliphatic carbocycles. The summed E-state index contributed by atoms with van der Waals surface area (Å²) < 4.78 is 7.15. The number of nitrogens with zero attached hydrogens (tertiary/aromatic N) is 3. The van der Waals surface area contributed by atoms with Crippen molar-refractivity contribution in [1.82, 2.24) is 14.4 Å². The number of benzene rings is 1. The van der Waals surface area contributed by atoms with Crippen LogP contribution >= 0.6 is 23.2 Å². The number of carbonyl (C=O) groups is 2. The SMILES string of the molecule is CCC(C)N(CC(=O)N(CCOC)Cc1cccn1C)C(=O)c1cc(Cl)cc(Cl)c1. The third-order valence-corrected chi connectivity index (χ3v) is 5.56. The van der Waals surface area contributed by atoms with Gasteiger partial charge in [-0.3, -0.25) is 9.59 Å². The van der Waals surface area contributed by atoms with Gasteiger partial charge in [0.25, 0.3) is 5.91 Å². The lowest BCUT2D eigenvalue weighted by Gasteiger charge is -2.31. The highest BCUT2D eigenvalue weighted by Crippen LogP contribution is 2.21. The van der Waals surface area contributed by atoms with E-state index in [-0.39, 0.29) is 24.4 Å². The second kappa shape index (κ2) is 11.4. The van der Waals surface area contributed by atoms with Crippen molar-refractivity contribution in [3.63, 3.8) is 0 Å². The van der Waals surface area contributed by atoms with Crippen molar-refractivity contribution in [1.29, 1.82) is 0 Å². The Bertz CT molecular complexity index is 849. The number of amides is 2. The lowest BCUT2D eigenvalue weighted by Crippen LogP contribution is -2.47. The fraction of sp³-hybridized carbons (Fsp3) is 0.455. The van der Waals surface area contributed by atoms with Gasteiger partial charge < -0.3 is 19.1 Å². The highest BCUT2D eigenvalue weighted by molar-refractivity contribution is 6.35. The number of aromatic nitrogens is 1. The Kier molecular flexibility index (Phi) is 9.21. The largest absolute Gasteiger partial charge is 0.383 e. The Morgan fingerprint density at radius 2 is 1.87 bits per heavy atom. The van der Waals surface area contributed by atoms with Crippen LogP contribution < -0.4 is 0 Å². The molecule has 30 heavy (non-hydrogen) atoms. The summed E-state index contributed by atoms with van der Waals surface area (Å²) >= 11 is 12.1. The minimum absolute atomic E-state index is 0.0356. The van der Waals surface area contributed by atoms with E-state index in [9.17, 15) is 9.59 Å². The van der Waals surface area contributed by atoms with Gasteiger partial charge in [-0.2, -0.15) is 0 Å². The van der Waals surface area contributed by atoms with Crippen LogP contribution in [0.4, 0.5) is 0 Å². The number of carbonyl (C=O) groups excluding carboxylic acids is 2. The molecule has 1 heterocycles. The van der Waals surface area contributed by atoms with Gasteiger partial charge in [-0.05, 0) is 43.7 Å². The molecule has 2 aromatic rings. The zero-order chi connectivity index (χ0) is 22.3. The first-order chi connectivity index (χ1) is 14.3. The van der Waals surface area contributed by atoms with E-state index in [1.165, 1.54) is 0 Å². The van der Waals surface area contributed by atoms with Crippen LogP contribution in [0.15, 0.2) is 36.5 Å². The maximum atomic E-state index is 13.2. The van der Waals surface area contributed by atoms with Gasteiger partial charge >= 0.3 is 0 Å². The number of halogens is 2. The molecular weight excluding hydrogens is 425 g/mol. The number of aryl methyl sites for hydroxylation is 1. The van der Waals surface area contributed by atoms with Crippen LogP contribution in [0.25, 0.3) is 0 Å². The standard InChI is InChI=1S/C22H29Cl2N3O3/c1-5-16(2)27(22(29)17-11-18(23)13-19(24)12-17)15-21(28)26(9-10-30-4)14-20-7-6-8-25(20)3/h6-8,11-13,16H,5,9-10,14-15H2,1-4H3. The zero-order valence-electron chi connectivity index (χ0n) is 17.9. The molecule has 2 amide bonds. The minimum Gasteiger partial charge on any atom is -0.383 e. The average molecular weight is 454 g/mol. The van der Waals surface area contributed by atoms with E-state index in [1.54, 1.807) is 35.1 Å². The Hall–Kier alpha value is -2.02. The molecule has 2 rings (SSSR count). The second-order valence-corrected chi connectivity index (χ2v) is 8.14. The maximum Gasteiger partial charge on any atom is 0.254 e. The van der Waals surface area contributed by atoms with Crippen molar-refractivity contribution in [2.24, 2.45) is 7.05 Å². The first-order valence-corrected chi connectivity index (χ1v) is 10.7. The van der Waals surface area contributed by atoms with Gasteiger partial charge in [-0.1, -0.05) is 30.1 Å². The van der Waals surface area contributed by atoms with Gasteiger partial charge in [0.1, 0.15) is 6.54 Å². The summed E-state index contributed by atoms with van der Waals surface area (Å²) in [6.45, 7) is 5.16. The van der Waals surface area contributed by atoms with Gasteiger partial charge in [0, 0.05) is 54.2 Å². The van der Waals surface area contributed by atoms with Crippen molar-refractivity contribution < 1.29 is 14.3 Å². The van der Waals surface area contributed by atoms with Crippen LogP contribution in [0.2, 0.25) is 10.0 Å². The number of hydrogen-bond acceptors (Lipinski definition) is 3. The van der Waals surface area contributed by atoms with Gasteiger partial charge in [0.2, 0.25) is 5.91 Å². The van der Waals surface area contributed by atoms with E-state index in [2.05, 4.69) is 0 Å². The van der Waals surface area contributed by atoms with Crippen molar-refractivity contribution in [3.8, 4) is 0 Å². The van der Waals surface area contributed by atoms with Crippen LogP contribution in [0.1, 0.15) is 36.3 Å². The van der Waals surface area contributed by atoms with Crippen molar-refractivity contribution in [2.75, 3.05) is 26.8 Å². The number of ether oxygens (including phenoxy) is 1. The van der Waals surface area contributed by atoms with Crippen molar-refractivity contribution in [2.45, 2.75) is 32.9 Å². The molecule has 0 aliphatic rings. The normalized spacial score (nSPS) is 11.9. The van der Waals surface area contributed by atoms with Crippen molar-refractivity contribution in [3.05, 3.63) is 57.8 Å². The molecule has 6 nitrogen and oxygen atoms in total. The van der Waals surface area contributed by atoms with Gasteiger partial charge in [-0.25, -0.2) is 0 Å². The Balaban J connectivity index is 2.24. The van der Waals surface area contributed by atoms with E-state index >= 15 is 0 Å². The summed E-state index contributed by atoms with van der Waals surface area (Å²) in [4.78, 5) is 29.7. The third-order valence-electron chi connectivity index (χ3n) is 5.12. The smallest absolute Gasteiger partial charge is 0.254 e. The molecule has 0 saturated heterocycles. The molecule has 0 N–H and O–H groups in total. The average Bonchev–Trinajstić information content (AvgIpc) is 3.11. The molecule has 1 unspecified atom stereocenters. The summed E-state index contributed by atoms with van der Waals surface area (Å²) in [7, 11) is 3.54. The number of methoxy groups -OCH3 is 1. The maximum absolute atomic E-state index is 13.2. The van der Waals surface area contributed by atoms with E-state index < -0.39 is 0 Å². The van der Waals surface area contributed by atoms with Crippen LogP contribution in [0, 0.1) is 0 Å². The van der Waals surface area contributed by atoms with Crippen LogP contribution in [-0.2, 0) is 23.1 Å². The molecule has 1 aromatic heterocycles. The highest BCUT2D eigenvalue weighted by Gasteiger charge is 2.26. The zero-order valence-corrected chi connectivity index (χ0v) is 19.4. The summed E-state index contributed by atoms with van der Waals surface area (Å²) in [6.07, 6.45) is 2.65. The molecule has 0 aliphatic heterocycles. The van der Waals surface area contributed by atoms with Crippen molar-refractivity contribution >= 4 is 35.0 Å². The third kappa shape index (κ3) is 6.49. The van der Waals surface area contributed by atoms with E-state index in [0.29, 0.717) is 41.7 Å². The fourth-order valence-corrected chi connectivity index (χ4v) is 3.61. The topological polar surface area (TPSA) is 54.8 Å². The summed E-state index contributed by atoms with van der Waals surface area (Å²) in [6, 6.07) is 8.50. The van der Waals surface area contributed by atoms with Crippen LogP contribution in [0.5, 0.6) is 0 Å². The quantitative estimate of drug-likeness (QED) is 0.540. The molecule has 0 fully saturated rings. The molecule has 0 saturated carbocycles. The number of rotatable bonds is 10. The lowest BCUT2D eigenvalue weighted by molar-refractivity contribution is -0.133. The van der Waals surface area contributed by atoms with E-state index in [4.69, 9.17) is 27.9 Å². The predicted molar refractivity (Wildman–Crippen MR) is 120 cm³/mol. The molecule has 164 valence electrons. The molecular formula is C22H29Cl2N3O3. The van der Waals surface area contributed by atoms with Gasteiger partial charge in [-0.15, -0.1) is 0 Å². The molecule has 1 aromatic carbocycles. The van der Waals surface area contributed by atoms with E-state index in [0.717, 1.165) is 5.69 Å². The Morgan fingerprint density at radius 1 is 1.20 bits per heavy atom. The predicted octanol–water partition coefficient (Wildman–Crippen LogP) is 4.25. The molecule has 0 radical (unpaired) electrons. The number of hydrogen-bond donors (Lipinski definition) is 0. The highest BCUT2D eigenvalue weighted by atomic mass is 35.5. The molecule has 0 spiro atoms. The van der Waals surface area contributed by atoms with Gasteiger partial charge in [0.15, 0.2) is 0 Å². The van der Waals surface area contributed by atoms with Crippen LogP contribution in [0.3, 0.4) is 0 Å². The Morgan fingerprint density at radius 3 is 2.40 bits per heavy atom. The Labute approximate surface area is 188 Å². The first-order valence-electron chi connectivity index (χ1n) is 9.90. The molecule has 8 heteroatoms. The first kappa shape index (κ1) is 24.3. The lowest BCUT2D eigenvalue weighted by atomic mass is 10.1.